The lowest BCUT2D eigenvalue weighted by molar-refractivity contribution is -0.138. The number of hydrogen-bond donors (Lipinski definition) is 1. The highest BCUT2D eigenvalue weighted by atomic mass is 32.2. The van der Waals surface area contributed by atoms with Crippen molar-refractivity contribution in [3.8, 4) is 0 Å². The van der Waals surface area contributed by atoms with E-state index in [-0.39, 0.29) is 0 Å². The van der Waals surface area contributed by atoms with E-state index in [1.54, 1.807) is 26.8 Å². The van der Waals surface area contributed by atoms with E-state index in [2.05, 4.69) is 4.74 Å². The number of carbonyl (C=O) groups is 2. The Hall–Kier alpha value is -1.43. The van der Waals surface area contributed by atoms with E-state index in [9.17, 15) is 9.59 Å². The van der Waals surface area contributed by atoms with Crippen molar-refractivity contribution in [2.75, 3.05) is 7.11 Å². The van der Waals surface area contributed by atoms with Gasteiger partial charge in [0.2, 0.25) is 0 Å². The fourth-order valence-corrected chi connectivity index (χ4v) is 2.01. The summed E-state index contributed by atoms with van der Waals surface area (Å²) in [5, 5.41) is 8.98. The van der Waals surface area contributed by atoms with E-state index < -0.39 is 16.7 Å². The van der Waals surface area contributed by atoms with Crippen molar-refractivity contribution in [3.05, 3.63) is 23.2 Å². The maximum absolute atomic E-state index is 11.4. The maximum Gasteiger partial charge on any atom is 0.341 e. The molecule has 0 atom stereocenters. The van der Waals surface area contributed by atoms with Crippen LogP contribution in [0.1, 0.15) is 35.7 Å². The number of carbonyl (C=O) groups excluding carboxylic acids is 1. The van der Waals surface area contributed by atoms with Crippen LogP contribution in [0, 0.1) is 6.92 Å². The summed E-state index contributed by atoms with van der Waals surface area (Å²) in [7, 11) is 1.30. The molecule has 0 radical (unpaired) electrons. The Morgan fingerprint density at radius 1 is 1.50 bits per heavy atom. The van der Waals surface area contributed by atoms with Gasteiger partial charge in [-0.3, -0.25) is 4.79 Å². The van der Waals surface area contributed by atoms with Crippen LogP contribution < -0.4 is 0 Å². The summed E-state index contributed by atoms with van der Waals surface area (Å²) in [5.74, 6) is 0.0868. The molecule has 0 aliphatic rings. The summed E-state index contributed by atoms with van der Waals surface area (Å²) in [5.41, 5.74) is 0.376. The van der Waals surface area contributed by atoms with Gasteiger partial charge >= 0.3 is 11.9 Å². The lowest BCUT2D eigenvalue weighted by atomic mass is 10.2. The van der Waals surface area contributed by atoms with Crippen LogP contribution in [0.3, 0.4) is 0 Å². The zero-order valence-corrected chi connectivity index (χ0v) is 11.6. The number of carboxylic acid groups (broad SMARTS) is 1. The summed E-state index contributed by atoms with van der Waals surface area (Å²) in [6, 6.07) is 1.59. The fraction of sp³-hybridized carbons (Fsp3) is 0.500. The van der Waals surface area contributed by atoms with E-state index in [0.29, 0.717) is 22.8 Å². The topological polar surface area (TPSA) is 76.7 Å². The van der Waals surface area contributed by atoms with Crippen molar-refractivity contribution in [2.45, 2.75) is 31.3 Å². The molecule has 100 valence electrons. The fourth-order valence-electron chi connectivity index (χ4n) is 1.24. The molecular weight excluding hydrogens is 256 g/mol. The predicted octanol–water partition coefficient (Wildman–Crippen LogP) is 2.47. The molecule has 0 bridgehead atoms. The first-order valence-electron chi connectivity index (χ1n) is 5.33. The van der Waals surface area contributed by atoms with E-state index in [0.717, 1.165) is 0 Å². The minimum atomic E-state index is -0.897. The van der Waals surface area contributed by atoms with Crippen molar-refractivity contribution in [1.29, 1.82) is 0 Å². The number of carboxylic acids is 1. The van der Waals surface area contributed by atoms with Crippen LogP contribution in [-0.4, -0.2) is 28.9 Å². The molecule has 5 nitrogen and oxygen atoms in total. The second-order valence-corrected chi connectivity index (χ2v) is 5.88. The van der Waals surface area contributed by atoms with Gasteiger partial charge in [0.25, 0.3) is 0 Å². The van der Waals surface area contributed by atoms with Crippen LogP contribution in [0.15, 0.2) is 10.5 Å². The number of aliphatic carboxylic acids is 1. The normalized spacial score (nSPS) is 11.3. The third-order valence-corrected chi connectivity index (χ3v) is 3.79. The van der Waals surface area contributed by atoms with Crippen LogP contribution in [0.5, 0.6) is 0 Å². The van der Waals surface area contributed by atoms with Crippen LogP contribution in [-0.2, 0) is 15.3 Å². The minimum absolute atomic E-state index is 0.376. The Morgan fingerprint density at radius 2 is 2.11 bits per heavy atom. The molecule has 1 heterocycles. The molecule has 6 heteroatoms. The van der Waals surface area contributed by atoms with Crippen molar-refractivity contribution in [1.82, 2.24) is 0 Å². The average Bonchev–Trinajstić information content (AvgIpc) is 2.67. The first-order chi connectivity index (χ1) is 8.27. The molecule has 18 heavy (non-hydrogen) atoms. The molecule has 0 amide bonds. The molecule has 1 N–H and O–H groups in total. The van der Waals surface area contributed by atoms with Gasteiger partial charge in [-0.2, -0.15) is 0 Å². The zero-order chi connectivity index (χ0) is 13.9. The van der Waals surface area contributed by atoms with Gasteiger partial charge in [-0.1, -0.05) is 0 Å². The van der Waals surface area contributed by atoms with Crippen molar-refractivity contribution in [3.63, 3.8) is 0 Å². The molecule has 0 unspecified atom stereocenters. The average molecular weight is 272 g/mol. The number of esters is 1. The second kappa shape index (κ2) is 5.48. The lowest BCUT2D eigenvalue weighted by Gasteiger charge is -2.17. The molecule has 0 aromatic carbocycles. The van der Waals surface area contributed by atoms with Crippen LogP contribution in [0.25, 0.3) is 0 Å². The standard InChI is InChI=1S/C12H16O5S/c1-7-9(10(13)16-4)5-8(17-7)6-18-12(2,3)11(14)15/h5H,6H2,1-4H3,(H,14,15). The van der Waals surface area contributed by atoms with Gasteiger partial charge in [0, 0.05) is 0 Å². The van der Waals surface area contributed by atoms with Gasteiger partial charge in [0.1, 0.15) is 21.8 Å². The SMILES string of the molecule is COC(=O)c1cc(CSC(C)(C)C(=O)O)oc1C. The first kappa shape index (κ1) is 14.6. The molecule has 1 aromatic rings. The van der Waals surface area contributed by atoms with Crippen LogP contribution >= 0.6 is 11.8 Å². The second-order valence-electron chi connectivity index (χ2n) is 4.28. The Labute approximate surface area is 109 Å². The highest BCUT2D eigenvalue weighted by Gasteiger charge is 2.28. The highest BCUT2D eigenvalue weighted by Crippen LogP contribution is 2.29. The number of thioether (sulfide) groups is 1. The summed E-state index contributed by atoms with van der Waals surface area (Å²) in [6.07, 6.45) is 0. The summed E-state index contributed by atoms with van der Waals surface area (Å²) >= 11 is 1.24. The quantitative estimate of drug-likeness (QED) is 0.830. The number of furan rings is 1. The van der Waals surface area contributed by atoms with Gasteiger partial charge < -0.3 is 14.3 Å². The smallest absolute Gasteiger partial charge is 0.341 e. The van der Waals surface area contributed by atoms with Gasteiger partial charge in [-0.15, -0.1) is 11.8 Å². The molecule has 0 aliphatic carbocycles. The monoisotopic (exact) mass is 272 g/mol. The van der Waals surface area contributed by atoms with Gasteiger partial charge in [-0.05, 0) is 26.8 Å². The largest absolute Gasteiger partial charge is 0.480 e. The minimum Gasteiger partial charge on any atom is -0.480 e. The number of rotatable bonds is 5. The molecule has 0 saturated carbocycles. The van der Waals surface area contributed by atoms with E-state index in [1.165, 1.54) is 18.9 Å². The van der Waals surface area contributed by atoms with Crippen molar-refractivity contribution >= 4 is 23.7 Å². The molecule has 1 aromatic heterocycles. The van der Waals surface area contributed by atoms with Crippen molar-refractivity contribution in [2.24, 2.45) is 0 Å². The zero-order valence-electron chi connectivity index (χ0n) is 10.8. The third kappa shape index (κ3) is 3.29. The molecule has 0 fully saturated rings. The Morgan fingerprint density at radius 3 is 2.61 bits per heavy atom. The number of methoxy groups -OCH3 is 1. The predicted molar refractivity (Wildman–Crippen MR) is 67.8 cm³/mol. The summed E-state index contributed by atoms with van der Waals surface area (Å²) < 4.78 is 9.12. The highest BCUT2D eigenvalue weighted by molar-refractivity contribution is 8.00. The molecule has 0 aliphatic heterocycles. The van der Waals surface area contributed by atoms with E-state index >= 15 is 0 Å². The first-order valence-corrected chi connectivity index (χ1v) is 6.31. The van der Waals surface area contributed by atoms with Gasteiger partial charge in [0.05, 0.1) is 12.9 Å². The Bertz CT molecular complexity index is 461. The van der Waals surface area contributed by atoms with E-state index in [1.807, 2.05) is 0 Å². The van der Waals surface area contributed by atoms with E-state index in [4.69, 9.17) is 9.52 Å². The van der Waals surface area contributed by atoms with Crippen LogP contribution in [0.2, 0.25) is 0 Å². The maximum atomic E-state index is 11.4. The Kier molecular flexibility index (Phi) is 4.45. The van der Waals surface area contributed by atoms with Crippen LogP contribution in [0.4, 0.5) is 0 Å². The number of hydrogen-bond acceptors (Lipinski definition) is 5. The number of aryl methyl sites for hydroxylation is 1. The summed E-state index contributed by atoms with van der Waals surface area (Å²) in [6.45, 7) is 4.91. The summed E-state index contributed by atoms with van der Waals surface area (Å²) in [4.78, 5) is 22.3. The van der Waals surface area contributed by atoms with Crippen molar-refractivity contribution < 1.29 is 23.8 Å². The molecule has 0 saturated heterocycles. The molecular formula is C12H16O5S. The lowest BCUT2D eigenvalue weighted by Crippen LogP contribution is -2.27. The van der Waals surface area contributed by atoms with Gasteiger partial charge in [-0.25, -0.2) is 4.79 Å². The third-order valence-electron chi connectivity index (χ3n) is 2.46. The molecule has 1 rings (SSSR count). The Balaban J connectivity index is 2.76. The number of ether oxygens (including phenoxy) is 1. The molecule has 0 spiro atoms. The van der Waals surface area contributed by atoms with Gasteiger partial charge in [0.15, 0.2) is 0 Å².